The van der Waals surface area contributed by atoms with Gasteiger partial charge in [0.1, 0.15) is 0 Å². The van der Waals surface area contributed by atoms with Crippen molar-refractivity contribution in [3.05, 3.63) is 51.6 Å². The maximum atomic E-state index is 4.33. The summed E-state index contributed by atoms with van der Waals surface area (Å²) >= 11 is 5.50. The van der Waals surface area contributed by atoms with Crippen molar-refractivity contribution in [2.24, 2.45) is 0 Å². The van der Waals surface area contributed by atoms with Crippen LogP contribution in [0.3, 0.4) is 0 Å². The third-order valence-corrected chi connectivity index (χ3v) is 6.07. The fourth-order valence-corrected chi connectivity index (χ4v) is 4.72. The van der Waals surface area contributed by atoms with Gasteiger partial charge < -0.3 is 5.32 Å². The van der Waals surface area contributed by atoms with E-state index in [0.717, 1.165) is 39.3 Å². The number of hydrogen-bond donors (Lipinski definition) is 1. The summed E-state index contributed by atoms with van der Waals surface area (Å²) < 4.78 is 4.64. The number of nitrogens with zero attached hydrogens (tertiary/aromatic N) is 3. The van der Waals surface area contributed by atoms with Gasteiger partial charge in [-0.05, 0) is 24.3 Å². The maximum Gasteiger partial charge on any atom is 0.0540 e. The third kappa shape index (κ3) is 3.35. The molecule has 0 atom stereocenters. The van der Waals surface area contributed by atoms with Crippen molar-refractivity contribution in [3.63, 3.8) is 0 Å². The van der Waals surface area contributed by atoms with E-state index in [9.17, 15) is 0 Å². The Hall–Kier alpha value is -1.21. The van der Waals surface area contributed by atoms with Crippen molar-refractivity contribution in [3.8, 4) is 0 Å². The Bertz CT molecular complexity index is 810. The van der Waals surface area contributed by atoms with Crippen LogP contribution in [0.15, 0.2) is 41.0 Å². The average Bonchev–Trinajstić information content (AvgIpc) is 3.18. The molecule has 1 aliphatic rings. The van der Waals surface area contributed by atoms with Crippen LogP contribution in [0.5, 0.6) is 0 Å². The fraction of sp³-hybridized carbons (Fsp3) is 0.353. The molecule has 0 saturated heterocycles. The molecule has 3 heterocycles. The number of rotatable bonds is 5. The molecule has 1 N–H and O–H groups in total. The lowest BCUT2D eigenvalue weighted by Crippen LogP contribution is -2.38. The predicted octanol–water partition coefficient (Wildman–Crippen LogP) is 3.47. The first-order valence-corrected chi connectivity index (χ1v) is 9.51. The van der Waals surface area contributed by atoms with Gasteiger partial charge in [0, 0.05) is 58.4 Å². The van der Waals surface area contributed by atoms with Gasteiger partial charge >= 0.3 is 0 Å². The monoisotopic (exact) mass is 390 g/mol. The molecule has 1 aromatic carbocycles. The summed E-state index contributed by atoms with van der Waals surface area (Å²) in [5.41, 5.74) is 1.32. The summed E-state index contributed by atoms with van der Waals surface area (Å²) in [5.74, 6) is 0. The topological polar surface area (TPSA) is 33.1 Å². The van der Waals surface area contributed by atoms with Gasteiger partial charge in [0.2, 0.25) is 0 Å². The number of fused-ring (bicyclic) bond motifs is 2. The van der Waals surface area contributed by atoms with Gasteiger partial charge in [-0.15, -0.1) is 11.3 Å². The van der Waals surface area contributed by atoms with Crippen LogP contribution in [-0.2, 0) is 19.6 Å². The zero-order chi connectivity index (χ0) is 15.6. The molecule has 4 rings (SSSR count). The molecule has 0 unspecified atom stereocenters. The minimum atomic E-state index is 0.942. The maximum absolute atomic E-state index is 4.33. The van der Waals surface area contributed by atoms with E-state index in [0.29, 0.717) is 0 Å². The van der Waals surface area contributed by atoms with Crippen LogP contribution in [0.2, 0.25) is 0 Å². The number of nitrogens with one attached hydrogen (secondary N) is 1. The highest BCUT2D eigenvalue weighted by molar-refractivity contribution is 9.10. The van der Waals surface area contributed by atoms with Gasteiger partial charge in [-0.2, -0.15) is 5.10 Å². The molecule has 1 aliphatic heterocycles. The van der Waals surface area contributed by atoms with E-state index in [-0.39, 0.29) is 0 Å². The van der Waals surface area contributed by atoms with E-state index in [1.54, 1.807) is 0 Å². The van der Waals surface area contributed by atoms with E-state index in [1.807, 2.05) is 17.5 Å². The molecule has 0 radical (unpaired) electrons. The van der Waals surface area contributed by atoms with Gasteiger partial charge in [0.05, 0.1) is 12.2 Å². The molecule has 0 fully saturated rings. The van der Waals surface area contributed by atoms with Crippen molar-refractivity contribution in [1.82, 2.24) is 20.0 Å². The Balaban J connectivity index is 1.28. The Kier molecular flexibility index (Phi) is 4.48. The summed E-state index contributed by atoms with van der Waals surface area (Å²) in [7, 11) is 0. The summed E-state index contributed by atoms with van der Waals surface area (Å²) in [6.45, 7) is 6.15. The lowest BCUT2D eigenvalue weighted by Gasteiger charge is -2.27. The second-order valence-corrected chi connectivity index (χ2v) is 7.89. The smallest absolute Gasteiger partial charge is 0.0540 e. The number of benzene rings is 1. The fourth-order valence-electron chi connectivity index (χ4n) is 3.04. The molecule has 3 aromatic rings. The highest BCUT2D eigenvalue weighted by atomic mass is 79.9. The van der Waals surface area contributed by atoms with Crippen LogP contribution in [-0.4, -0.2) is 34.3 Å². The summed E-state index contributed by atoms with van der Waals surface area (Å²) in [6.07, 6.45) is 1.90. The van der Waals surface area contributed by atoms with Gasteiger partial charge in [-0.1, -0.05) is 22.0 Å². The Morgan fingerprint density at radius 2 is 2.22 bits per heavy atom. The first-order valence-electron chi connectivity index (χ1n) is 7.90. The number of aromatic nitrogens is 2. The average molecular weight is 391 g/mol. The SMILES string of the molecule is Brc1cccc2sc(CNCCN3CCn4nccc4C3)cc12. The predicted molar refractivity (Wildman–Crippen MR) is 98.7 cm³/mol. The van der Waals surface area contributed by atoms with Crippen molar-refractivity contribution in [2.45, 2.75) is 19.6 Å². The molecule has 23 heavy (non-hydrogen) atoms. The lowest BCUT2D eigenvalue weighted by atomic mass is 10.2. The highest BCUT2D eigenvalue weighted by Gasteiger charge is 2.15. The second kappa shape index (κ2) is 6.73. The van der Waals surface area contributed by atoms with Crippen molar-refractivity contribution in [2.75, 3.05) is 19.6 Å². The molecule has 120 valence electrons. The minimum Gasteiger partial charge on any atom is -0.311 e. The van der Waals surface area contributed by atoms with Gasteiger partial charge in [0.15, 0.2) is 0 Å². The summed E-state index contributed by atoms with van der Waals surface area (Å²) in [5, 5.41) is 9.22. The Labute approximate surface area is 148 Å². The van der Waals surface area contributed by atoms with Gasteiger partial charge in [-0.3, -0.25) is 9.58 Å². The van der Waals surface area contributed by atoms with E-state index in [4.69, 9.17) is 0 Å². The molecular weight excluding hydrogens is 372 g/mol. The van der Waals surface area contributed by atoms with Gasteiger partial charge in [-0.25, -0.2) is 0 Å². The van der Waals surface area contributed by atoms with Crippen LogP contribution in [0.1, 0.15) is 10.6 Å². The number of halogens is 1. The van der Waals surface area contributed by atoms with Crippen molar-refractivity contribution < 1.29 is 0 Å². The third-order valence-electron chi connectivity index (χ3n) is 4.28. The quantitative estimate of drug-likeness (QED) is 0.677. The van der Waals surface area contributed by atoms with Crippen LogP contribution in [0.25, 0.3) is 10.1 Å². The minimum absolute atomic E-state index is 0.942. The molecule has 0 spiro atoms. The van der Waals surface area contributed by atoms with Crippen molar-refractivity contribution >= 4 is 37.4 Å². The Morgan fingerprint density at radius 3 is 3.13 bits per heavy atom. The molecular formula is C17H19BrN4S. The van der Waals surface area contributed by atoms with Crippen LogP contribution in [0, 0.1) is 0 Å². The van der Waals surface area contributed by atoms with Crippen LogP contribution < -0.4 is 5.32 Å². The van der Waals surface area contributed by atoms with E-state index in [1.165, 1.54) is 25.1 Å². The first-order chi connectivity index (χ1) is 11.3. The summed E-state index contributed by atoms with van der Waals surface area (Å²) in [4.78, 5) is 3.88. The first kappa shape index (κ1) is 15.3. The van der Waals surface area contributed by atoms with E-state index in [2.05, 4.69) is 66.3 Å². The lowest BCUT2D eigenvalue weighted by molar-refractivity contribution is 0.213. The molecule has 0 amide bonds. The molecule has 0 saturated carbocycles. The zero-order valence-electron chi connectivity index (χ0n) is 12.8. The summed E-state index contributed by atoms with van der Waals surface area (Å²) in [6, 6.07) is 10.8. The van der Waals surface area contributed by atoms with Crippen molar-refractivity contribution in [1.29, 1.82) is 0 Å². The number of thiophene rings is 1. The van der Waals surface area contributed by atoms with Gasteiger partial charge in [0.25, 0.3) is 0 Å². The normalized spacial score (nSPS) is 15.2. The molecule has 2 aromatic heterocycles. The van der Waals surface area contributed by atoms with E-state index >= 15 is 0 Å². The molecule has 0 aliphatic carbocycles. The van der Waals surface area contributed by atoms with Crippen LogP contribution in [0.4, 0.5) is 0 Å². The second-order valence-electron chi connectivity index (χ2n) is 5.86. The molecule has 4 nitrogen and oxygen atoms in total. The standard InChI is InChI=1S/C17H19BrN4S/c18-16-2-1-3-17-15(16)10-14(23-17)11-19-6-7-21-8-9-22-13(12-21)4-5-20-22/h1-5,10,19H,6-9,11-12H2. The zero-order valence-corrected chi connectivity index (χ0v) is 15.2. The Morgan fingerprint density at radius 1 is 1.26 bits per heavy atom. The number of hydrogen-bond acceptors (Lipinski definition) is 4. The largest absolute Gasteiger partial charge is 0.311 e. The highest BCUT2D eigenvalue weighted by Crippen LogP contribution is 2.31. The molecule has 0 bridgehead atoms. The molecule has 6 heteroatoms. The van der Waals surface area contributed by atoms with Crippen LogP contribution >= 0.6 is 27.3 Å². The van der Waals surface area contributed by atoms with E-state index < -0.39 is 0 Å².